The summed E-state index contributed by atoms with van der Waals surface area (Å²) in [5.41, 5.74) is 3.82. The van der Waals surface area contributed by atoms with Crippen LogP contribution in [-0.2, 0) is 4.79 Å². The van der Waals surface area contributed by atoms with Gasteiger partial charge in [-0.25, -0.2) is 0 Å². The molecule has 148 valence electrons. The number of carbonyl (C=O) groups is 1. The molecule has 1 aromatic heterocycles. The van der Waals surface area contributed by atoms with Gasteiger partial charge in [-0.05, 0) is 55.0 Å². The highest BCUT2D eigenvalue weighted by molar-refractivity contribution is 5.94. The van der Waals surface area contributed by atoms with Crippen molar-refractivity contribution >= 4 is 23.2 Å². The Morgan fingerprint density at radius 1 is 1.28 bits per heavy atom. The smallest absolute Gasteiger partial charge is 0.303 e. The number of hydrogen-bond donors (Lipinski definition) is 3. The molecule has 7 nitrogen and oxygen atoms in total. The monoisotopic (exact) mass is 389 g/mol. The van der Waals surface area contributed by atoms with Crippen molar-refractivity contribution in [3.63, 3.8) is 0 Å². The zero-order chi connectivity index (χ0) is 20.5. The lowest BCUT2D eigenvalue weighted by molar-refractivity contribution is -0.137. The lowest BCUT2D eigenvalue weighted by Crippen LogP contribution is -2.32. The second-order valence-corrected chi connectivity index (χ2v) is 6.83. The van der Waals surface area contributed by atoms with Gasteiger partial charge in [-0.15, -0.1) is 4.99 Å². The molecule has 7 heteroatoms. The second kappa shape index (κ2) is 10.0. The molecule has 3 rings (SSSR count). The Labute approximate surface area is 169 Å². The van der Waals surface area contributed by atoms with Gasteiger partial charge < -0.3 is 15.7 Å². The van der Waals surface area contributed by atoms with E-state index in [1.165, 1.54) is 0 Å². The number of nitriles is 1. The average molecular weight is 389 g/mol. The normalized spacial score (nSPS) is 14.2. The molecule has 3 N–H and O–H groups in total. The zero-order valence-electron chi connectivity index (χ0n) is 16.0. The third kappa shape index (κ3) is 6.47. The number of anilines is 1. The second-order valence-electron chi connectivity index (χ2n) is 6.83. The summed E-state index contributed by atoms with van der Waals surface area (Å²) in [5, 5.41) is 24.0. The number of nitrogens with zero attached hydrogens (tertiary/aromatic N) is 3. The van der Waals surface area contributed by atoms with Crippen molar-refractivity contribution < 1.29 is 9.90 Å². The zero-order valence-corrected chi connectivity index (χ0v) is 16.0. The number of rotatable bonds is 8. The van der Waals surface area contributed by atoms with E-state index in [0.717, 1.165) is 35.2 Å². The number of aliphatic carboxylic acids is 1. The molecule has 0 aliphatic heterocycles. The van der Waals surface area contributed by atoms with E-state index in [-0.39, 0.29) is 6.42 Å². The number of allylic oxidation sites excluding steroid dienone is 1. The summed E-state index contributed by atoms with van der Waals surface area (Å²) < 4.78 is 0. The van der Waals surface area contributed by atoms with Gasteiger partial charge in [-0.1, -0.05) is 24.3 Å². The van der Waals surface area contributed by atoms with Gasteiger partial charge in [0, 0.05) is 36.1 Å². The van der Waals surface area contributed by atoms with Crippen LogP contribution in [0, 0.1) is 11.5 Å². The topological polar surface area (TPSA) is 110 Å². The number of aliphatic imine (C=N–C) groups is 1. The number of hydrogen-bond acceptors (Lipinski definition) is 4. The summed E-state index contributed by atoms with van der Waals surface area (Å²) in [5.74, 6) is -0.328. The molecule has 0 atom stereocenters. The molecule has 2 aromatic rings. The molecule has 0 spiro atoms. The summed E-state index contributed by atoms with van der Waals surface area (Å²) in [6, 6.07) is 12.1. The van der Waals surface area contributed by atoms with E-state index in [2.05, 4.69) is 26.7 Å². The standard InChI is InChI=1S/C22H23N5O2/c23-15-25-22(27-19-11-12-19)26-18-9-7-16(8-10-18)20(5-1-2-6-21(28)29)17-4-3-13-24-14-17/h3-5,7-10,13-14,19H,1-2,6,11-12H2,(H,28,29)(H2,25,26,27). The predicted molar refractivity (Wildman–Crippen MR) is 112 cm³/mol. The minimum Gasteiger partial charge on any atom is -0.481 e. The molecule has 0 bridgehead atoms. The SMILES string of the molecule is N#CN=C(Nc1ccc(C(=CCCCC(=O)O)c2cccnc2)cc1)NC1CC1. The third-order valence-electron chi connectivity index (χ3n) is 4.45. The number of carboxylic acids is 1. The summed E-state index contributed by atoms with van der Waals surface area (Å²) >= 11 is 0. The Kier molecular flexibility index (Phi) is 6.95. The number of pyridine rings is 1. The van der Waals surface area contributed by atoms with Crippen molar-refractivity contribution in [1.82, 2.24) is 10.3 Å². The first-order valence-electron chi connectivity index (χ1n) is 9.59. The molecule has 1 aromatic carbocycles. The summed E-state index contributed by atoms with van der Waals surface area (Å²) in [4.78, 5) is 18.8. The Balaban J connectivity index is 1.75. The van der Waals surface area contributed by atoms with E-state index in [1.54, 1.807) is 12.4 Å². The summed E-state index contributed by atoms with van der Waals surface area (Å²) in [7, 11) is 0. The van der Waals surface area contributed by atoms with Crippen LogP contribution in [0.25, 0.3) is 5.57 Å². The molecule has 29 heavy (non-hydrogen) atoms. The first-order chi connectivity index (χ1) is 14.2. The van der Waals surface area contributed by atoms with Crippen LogP contribution in [0.3, 0.4) is 0 Å². The molecular formula is C22H23N5O2. The minimum atomic E-state index is -0.786. The quantitative estimate of drug-likeness (QED) is 0.274. The van der Waals surface area contributed by atoms with Crippen molar-refractivity contribution in [2.75, 3.05) is 5.32 Å². The van der Waals surface area contributed by atoms with Gasteiger partial charge in [-0.2, -0.15) is 5.26 Å². The van der Waals surface area contributed by atoms with E-state index >= 15 is 0 Å². The molecule has 1 heterocycles. The van der Waals surface area contributed by atoms with E-state index < -0.39 is 5.97 Å². The highest BCUT2D eigenvalue weighted by Gasteiger charge is 2.22. The number of aromatic nitrogens is 1. The van der Waals surface area contributed by atoms with Gasteiger partial charge in [0.1, 0.15) is 0 Å². The molecular weight excluding hydrogens is 366 g/mol. The van der Waals surface area contributed by atoms with E-state index in [0.29, 0.717) is 24.8 Å². The number of benzene rings is 1. The number of nitrogens with one attached hydrogen (secondary N) is 2. The molecule has 1 fully saturated rings. The largest absolute Gasteiger partial charge is 0.481 e. The van der Waals surface area contributed by atoms with Crippen LogP contribution in [0.5, 0.6) is 0 Å². The maximum Gasteiger partial charge on any atom is 0.303 e. The van der Waals surface area contributed by atoms with Gasteiger partial charge in [0.2, 0.25) is 12.2 Å². The molecule has 0 unspecified atom stereocenters. The molecule has 0 saturated heterocycles. The fourth-order valence-electron chi connectivity index (χ4n) is 2.86. The highest BCUT2D eigenvalue weighted by atomic mass is 16.4. The van der Waals surface area contributed by atoms with Crippen molar-refractivity contribution in [3.05, 3.63) is 66.0 Å². The van der Waals surface area contributed by atoms with E-state index in [1.807, 2.05) is 42.6 Å². The van der Waals surface area contributed by atoms with Crippen molar-refractivity contribution in [2.45, 2.75) is 38.1 Å². The van der Waals surface area contributed by atoms with Gasteiger partial charge in [0.15, 0.2) is 0 Å². The number of unbranched alkanes of at least 4 members (excludes halogenated alkanes) is 1. The molecule has 1 aliphatic rings. The lowest BCUT2D eigenvalue weighted by atomic mass is 9.97. The van der Waals surface area contributed by atoms with Crippen LogP contribution < -0.4 is 10.6 Å². The maximum absolute atomic E-state index is 10.8. The van der Waals surface area contributed by atoms with Crippen molar-refractivity contribution in [3.8, 4) is 6.19 Å². The lowest BCUT2D eigenvalue weighted by Gasteiger charge is -2.12. The van der Waals surface area contributed by atoms with Gasteiger partial charge in [0.25, 0.3) is 0 Å². The van der Waals surface area contributed by atoms with Crippen LogP contribution in [0.1, 0.15) is 43.2 Å². The van der Waals surface area contributed by atoms with Crippen LogP contribution in [0.15, 0.2) is 59.9 Å². The van der Waals surface area contributed by atoms with Crippen LogP contribution in [0.4, 0.5) is 5.69 Å². The van der Waals surface area contributed by atoms with E-state index in [4.69, 9.17) is 10.4 Å². The van der Waals surface area contributed by atoms with Crippen LogP contribution in [0.2, 0.25) is 0 Å². The van der Waals surface area contributed by atoms with E-state index in [9.17, 15) is 4.79 Å². The number of carboxylic acid groups (broad SMARTS) is 1. The molecule has 1 aliphatic carbocycles. The predicted octanol–water partition coefficient (Wildman–Crippen LogP) is 3.77. The first-order valence-corrected chi connectivity index (χ1v) is 9.59. The fraction of sp³-hybridized carbons (Fsp3) is 0.273. The Morgan fingerprint density at radius 3 is 2.69 bits per heavy atom. The highest BCUT2D eigenvalue weighted by Crippen LogP contribution is 2.25. The van der Waals surface area contributed by atoms with Crippen LogP contribution in [-0.4, -0.2) is 28.1 Å². The average Bonchev–Trinajstić information content (AvgIpc) is 3.53. The Morgan fingerprint density at radius 2 is 2.07 bits per heavy atom. The van der Waals surface area contributed by atoms with Crippen molar-refractivity contribution in [1.29, 1.82) is 5.26 Å². The molecule has 1 saturated carbocycles. The fourth-order valence-corrected chi connectivity index (χ4v) is 2.86. The third-order valence-corrected chi connectivity index (χ3v) is 4.45. The van der Waals surface area contributed by atoms with Gasteiger partial charge in [-0.3, -0.25) is 9.78 Å². The Bertz CT molecular complexity index is 926. The maximum atomic E-state index is 10.8. The van der Waals surface area contributed by atoms with Crippen molar-refractivity contribution in [2.24, 2.45) is 4.99 Å². The summed E-state index contributed by atoms with van der Waals surface area (Å²) in [6.07, 6.45) is 11.0. The first kappa shape index (κ1) is 20.1. The summed E-state index contributed by atoms with van der Waals surface area (Å²) in [6.45, 7) is 0. The van der Waals surface area contributed by atoms with Crippen LogP contribution >= 0.6 is 0 Å². The van der Waals surface area contributed by atoms with Gasteiger partial charge in [0.05, 0.1) is 0 Å². The molecule has 0 radical (unpaired) electrons. The minimum absolute atomic E-state index is 0.147. The number of guanidine groups is 1. The van der Waals surface area contributed by atoms with Gasteiger partial charge >= 0.3 is 5.97 Å². The Hall–Kier alpha value is -3.66. The molecule has 0 amide bonds.